The van der Waals surface area contributed by atoms with Crippen molar-refractivity contribution in [2.24, 2.45) is 5.92 Å². The van der Waals surface area contributed by atoms with Gasteiger partial charge in [-0.05, 0) is 66.4 Å². The summed E-state index contributed by atoms with van der Waals surface area (Å²) in [5, 5.41) is 6.94. The van der Waals surface area contributed by atoms with Crippen molar-refractivity contribution in [1.82, 2.24) is 24.6 Å². The molecule has 1 unspecified atom stereocenters. The number of fused-ring (bicyclic) bond motifs is 4. The Morgan fingerprint density at radius 1 is 1.04 bits per heavy atom. The second-order valence-corrected chi connectivity index (χ2v) is 11.8. The third kappa shape index (κ3) is 5.12. The highest BCUT2D eigenvalue weighted by atomic mass is 35.5. The number of aromatic nitrogens is 4. The molecule has 236 valence electrons. The largest absolute Gasteiger partial charge is 0.344 e. The number of para-hydroxylation sites is 1. The van der Waals surface area contributed by atoms with Gasteiger partial charge in [0.25, 0.3) is 17.9 Å². The van der Waals surface area contributed by atoms with E-state index in [1.165, 1.54) is 28.8 Å². The normalized spacial score (nSPS) is 18.4. The summed E-state index contributed by atoms with van der Waals surface area (Å²) in [5.41, 5.74) is -1.62. The smallest absolute Gasteiger partial charge is 0.293 e. The molecule has 14 heteroatoms. The second kappa shape index (κ2) is 11.0. The molecule has 2 aliphatic rings. The molecular formula is C32H22ClF6N5O2. The quantitative estimate of drug-likeness (QED) is 0.187. The fourth-order valence-electron chi connectivity index (χ4n) is 6.35. The van der Waals surface area contributed by atoms with Gasteiger partial charge in [-0.15, -0.1) is 0 Å². The summed E-state index contributed by atoms with van der Waals surface area (Å²) in [6.45, 7) is -0.864. The monoisotopic (exact) mass is 657 g/mol. The molecule has 2 heterocycles. The Labute approximate surface area is 261 Å². The zero-order valence-corrected chi connectivity index (χ0v) is 24.3. The number of carbonyl (C=O) groups excluding carboxylic acids is 1. The molecule has 0 spiro atoms. The maximum Gasteiger partial charge on any atom is 0.293 e. The highest BCUT2D eigenvalue weighted by molar-refractivity contribution is 6.30. The fourth-order valence-corrected chi connectivity index (χ4v) is 6.47. The number of alkyl halides is 4. The van der Waals surface area contributed by atoms with Crippen LogP contribution in [0.15, 0.2) is 71.5 Å². The lowest BCUT2D eigenvalue weighted by molar-refractivity contribution is -0.123. The molecule has 7 nitrogen and oxygen atoms in total. The zero-order chi connectivity index (χ0) is 32.5. The number of benzene rings is 3. The lowest BCUT2D eigenvalue weighted by Gasteiger charge is -2.23. The standard InChI is InChI=1S/C32H22ClF6N5O2/c33-16-5-7-19(8-6-16)44-30(41-23-4-2-1-3-20(23)31(44)46)24(11-15-9-17(34)12-18(35)10-15)40-25(45)14-43-28-26(27(42-43)29(36)37)21-13-22(21)32(28,38)39/h1-10,12,21-22,24,29H,11,13-14H2,(H,40,45)/t21-,22+,24?/m0/s1. The van der Waals surface area contributed by atoms with Gasteiger partial charge in [-0.2, -0.15) is 13.9 Å². The minimum absolute atomic E-state index is 0.0467. The van der Waals surface area contributed by atoms with Crippen LogP contribution in [-0.4, -0.2) is 25.2 Å². The van der Waals surface area contributed by atoms with Crippen LogP contribution in [0, 0.1) is 17.6 Å². The highest BCUT2D eigenvalue weighted by Gasteiger charge is 2.67. The summed E-state index contributed by atoms with van der Waals surface area (Å²) in [7, 11) is 0. The molecule has 1 amide bonds. The van der Waals surface area contributed by atoms with Crippen molar-refractivity contribution in [3.63, 3.8) is 0 Å². The van der Waals surface area contributed by atoms with E-state index < -0.39 is 71.3 Å². The van der Waals surface area contributed by atoms with E-state index in [-0.39, 0.29) is 40.7 Å². The van der Waals surface area contributed by atoms with E-state index in [2.05, 4.69) is 15.4 Å². The maximum atomic E-state index is 15.1. The van der Waals surface area contributed by atoms with Gasteiger partial charge in [0.1, 0.15) is 35.4 Å². The zero-order valence-electron chi connectivity index (χ0n) is 23.5. The Kier molecular flexibility index (Phi) is 7.18. The summed E-state index contributed by atoms with van der Waals surface area (Å²) in [6.07, 6.45) is -3.36. The van der Waals surface area contributed by atoms with Crippen LogP contribution in [0.5, 0.6) is 0 Å². The van der Waals surface area contributed by atoms with Gasteiger partial charge in [0.2, 0.25) is 5.91 Å². The molecule has 0 bridgehead atoms. The first kappa shape index (κ1) is 30.0. The van der Waals surface area contributed by atoms with Crippen molar-refractivity contribution in [2.75, 3.05) is 0 Å². The van der Waals surface area contributed by atoms with Crippen LogP contribution in [0.3, 0.4) is 0 Å². The topological polar surface area (TPSA) is 81.8 Å². The van der Waals surface area contributed by atoms with Gasteiger partial charge in [0.15, 0.2) is 0 Å². The van der Waals surface area contributed by atoms with E-state index in [0.29, 0.717) is 21.5 Å². The van der Waals surface area contributed by atoms with E-state index in [1.54, 1.807) is 24.3 Å². The summed E-state index contributed by atoms with van der Waals surface area (Å²) in [4.78, 5) is 32.1. The van der Waals surface area contributed by atoms with Crippen molar-refractivity contribution < 1.29 is 31.1 Å². The molecule has 3 aromatic carbocycles. The molecule has 3 atom stereocenters. The van der Waals surface area contributed by atoms with Gasteiger partial charge >= 0.3 is 0 Å². The lowest BCUT2D eigenvalue weighted by atomic mass is 10.0. The lowest BCUT2D eigenvalue weighted by Crippen LogP contribution is -2.38. The third-order valence-corrected chi connectivity index (χ3v) is 8.61. The third-order valence-electron chi connectivity index (χ3n) is 8.36. The summed E-state index contributed by atoms with van der Waals surface area (Å²) in [6, 6.07) is 14.0. The summed E-state index contributed by atoms with van der Waals surface area (Å²) in [5.74, 6) is -8.10. The summed E-state index contributed by atoms with van der Waals surface area (Å²) >= 11 is 6.07. The number of rotatable bonds is 8. The number of nitrogens with one attached hydrogen (secondary N) is 1. The van der Waals surface area contributed by atoms with E-state index in [1.807, 2.05) is 0 Å². The van der Waals surface area contributed by atoms with Crippen LogP contribution in [0.2, 0.25) is 5.02 Å². The first-order chi connectivity index (χ1) is 21.9. The first-order valence-electron chi connectivity index (χ1n) is 14.2. The first-order valence-corrected chi connectivity index (χ1v) is 14.6. The van der Waals surface area contributed by atoms with Gasteiger partial charge in [0, 0.05) is 29.0 Å². The number of nitrogens with zero attached hydrogens (tertiary/aromatic N) is 4. The molecule has 2 aliphatic carbocycles. The highest BCUT2D eigenvalue weighted by Crippen LogP contribution is 2.68. The van der Waals surface area contributed by atoms with Crippen molar-refractivity contribution >= 4 is 28.4 Å². The minimum Gasteiger partial charge on any atom is -0.344 e. The van der Waals surface area contributed by atoms with Crippen molar-refractivity contribution in [3.8, 4) is 5.69 Å². The van der Waals surface area contributed by atoms with Crippen LogP contribution in [-0.2, 0) is 23.7 Å². The number of amides is 1. The van der Waals surface area contributed by atoms with Crippen LogP contribution in [0.25, 0.3) is 16.6 Å². The number of hydrogen-bond donors (Lipinski definition) is 1. The predicted octanol–water partition coefficient (Wildman–Crippen LogP) is 6.76. The average molecular weight is 658 g/mol. The molecule has 1 saturated carbocycles. The van der Waals surface area contributed by atoms with Crippen LogP contribution < -0.4 is 10.9 Å². The molecule has 5 aromatic rings. The molecule has 1 fully saturated rings. The second-order valence-electron chi connectivity index (χ2n) is 11.4. The van der Waals surface area contributed by atoms with Gasteiger partial charge in [-0.3, -0.25) is 18.8 Å². The van der Waals surface area contributed by atoms with Gasteiger partial charge in [-0.1, -0.05) is 23.7 Å². The van der Waals surface area contributed by atoms with Crippen LogP contribution >= 0.6 is 11.6 Å². The maximum absolute atomic E-state index is 15.1. The Morgan fingerprint density at radius 2 is 1.74 bits per heavy atom. The SMILES string of the molecule is O=C(Cn1nc(C(F)F)c2c1C(F)(F)[C@@H]1C[C@H]21)NC(Cc1cc(F)cc(F)c1)c1nc2ccccc2c(=O)n1-c1ccc(Cl)cc1. The number of halogens is 7. The average Bonchev–Trinajstić information content (AvgIpc) is 3.65. The summed E-state index contributed by atoms with van der Waals surface area (Å²) < 4.78 is 88.2. The Hall–Kier alpha value is -4.65. The molecule has 46 heavy (non-hydrogen) atoms. The van der Waals surface area contributed by atoms with Gasteiger partial charge in [-0.25, -0.2) is 22.5 Å². The van der Waals surface area contributed by atoms with E-state index in [4.69, 9.17) is 11.6 Å². The molecule has 2 aromatic heterocycles. The number of carbonyl (C=O) groups is 1. The van der Waals surface area contributed by atoms with E-state index in [0.717, 1.165) is 12.1 Å². The van der Waals surface area contributed by atoms with Gasteiger partial charge in [0.05, 0.1) is 22.6 Å². The van der Waals surface area contributed by atoms with Crippen LogP contribution in [0.1, 0.15) is 53.1 Å². The van der Waals surface area contributed by atoms with E-state index >= 15 is 8.78 Å². The number of hydrogen-bond acceptors (Lipinski definition) is 4. The molecule has 0 radical (unpaired) electrons. The Balaban J connectivity index is 1.33. The minimum atomic E-state index is -3.45. The fraction of sp³-hybridized carbons (Fsp3) is 0.250. The van der Waals surface area contributed by atoms with Crippen molar-refractivity contribution in [2.45, 2.75) is 43.7 Å². The van der Waals surface area contributed by atoms with Crippen molar-refractivity contribution in [3.05, 3.63) is 122 Å². The Bertz CT molecular complexity index is 2060. The van der Waals surface area contributed by atoms with Crippen LogP contribution in [0.4, 0.5) is 26.3 Å². The molecule has 1 N–H and O–H groups in total. The van der Waals surface area contributed by atoms with Gasteiger partial charge < -0.3 is 5.32 Å². The Morgan fingerprint density at radius 3 is 2.43 bits per heavy atom. The molecule has 7 rings (SSSR count). The van der Waals surface area contributed by atoms with E-state index in [9.17, 15) is 27.2 Å². The predicted molar refractivity (Wildman–Crippen MR) is 155 cm³/mol. The molecular weight excluding hydrogens is 636 g/mol. The van der Waals surface area contributed by atoms with Crippen molar-refractivity contribution in [1.29, 1.82) is 0 Å². The molecule has 0 saturated heterocycles. The molecule has 0 aliphatic heterocycles.